The molecule has 78 valence electrons. The van der Waals surface area contributed by atoms with Crippen molar-refractivity contribution < 1.29 is 9.84 Å². The highest BCUT2D eigenvalue weighted by molar-refractivity contribution is 5.02. The Morgan fingerprint density at radius 2 is 2.21 bits per heavy atom. The zero-order valence-corrected chi connectivity index (χ0v) is 8.90. The molecule has 0 amide bonds. The summed E-state index contributed by atoms with van der Waals surface area (Å²) < 4.78 is 5.48. The predicted octanol–water partition coefficient (Wildman–Crippen LogP) is 1.76. The van der Waals surface area contributed by atoms with Crippen molar-refractivity contribution in [3.63, 3.8) is 0 Å². The standard InChI is InChI=1S/C11H17NO2/c1-9(11(2,3)13)14-8-10-6-4-5-7-12-10/h4-7,9,13H,8H2,1-3H3. The summed E-state index contributed by atoms with van der Waals surface area (Å²) in [7, 11) is 0. The Kier molecular flexibility index (Phi) is 3.61. The van der Waals surface area contributed by atoms with Crippen LogP contribution in [0.1, 0.15) is 26.5 Å². The molecule has 1 heterocycles. The summed E-state index contributed by atoms with van der Waals surface area (Å²) in [5.74, 6) is 0. The van der Waals surface area contributed by atoms with Crippen LogP contribution in [-0.2, 0) is 11.3 Å². The molecule has 1 unspecified atom stereocenters. The average molecular weight is 195 g/mol. The van der Waals surface area contributed by atoms with Gasteiger partial charge in [0.1, 0.15) is 0 Å². The first kappa shape index (κ1) is 11.1. The van der Waals surface area contributed by atoms with E-state index in [2.05, 4.69) is 4.98 Å². The molecule has 0 aliphatic rings. The van der Waals surface area contributed by atoms with Crippen LogP contribution >= 0.6 is 0 Å². The molecule has 0 bridgehead atoms. The molecule has 1 aromatic rings. The second-order valence-corrected chi connectivity index (χ2v) is 3.93. The zero-order valence-electron chi connectivity index (χ0n) is 8.90. The Balaban J connectivity index is 2.42. The van der Waals surface area contributed by atoms with Gasteiger partial charge in [0.2, 0.25) is 0 Å². The van der Waals surface area contributed by atoms with Crippen LogP contribution in [0.5, 0.6) is 0 Å². The van der Waals surface area contributed by atoms with Gasteiger partial charge in [0.15, 0.2) is 0 Å². The Morgan fingerprint density at radius 1 is 1.50 bits per heavy atom. The van der Waals surface area contributed by atoms with E-state index in [1.807, 2.05) is 25.1 Å². The third kappa shape index (κ3) is 3.44. The largest absolute Gasteiger partial charge is 0.388 e. The van der Waals surface area contributed by atoms with E-state index in [4.69, 9.17) is 4.74 Å². The fourth-order valence-corrected chi connectivity index (χ4v) is 0.898. The van der Waals surface area contributed by atoms with Gasteiger partial charge in [0.05, 0.1) is 24.0 Å². The first-order chi connectivity index (χ1) is 6.50. The number of rotatable bonds is 4. The molecule has 0 saturated carbocycles. The lowest BCUT2D eigenvalue weighted by Crippen LogP contribution is -2.35. The second-order valence-electron chi connectivity index (χ2n) is 3.93. The van der Waals surface area contributed by atoms with E-state index in [0.29, 0.717) is 6.61 Å². The monoisotopic (exact) mass is 195 g/mol. The van der Waals surface area contributed by atoms with Crippen LogP contribution in [0.15, 0.2) is 24.4 Å². The highest BCUT2D eigenvalue weighted by Gasteiger charge is 2.22. The van der Waals surface area contributed by atoms with Gasteiger partial charge in [-0.15, -0.1) is 0 Å². The van der Waals surface area contributed by atoms with E-state index in [0.717, 1.165) is 5.69 Å². The van der Waals surface area contributed by atoms with Crippen LogP contribution in [-0.4, -0.2) is 21.8 Å². The van der Waals surface area contributed by atoms with Gasteiger partial charge in [-0.25, -0.2) is 0 Å². The van der Waals surface area contributed by atoms with Crippen LogP contribution < -0.4 is 0 Å². The summed E-state index contributed by atoms with van der Waals surface area (Å²) in [5.41, 5.74) is 0.0676. The van der Waals surface area contributed by atoms with Gasteiger partial charge < -0.3 is 9.84 Å². The number of hydrogen-bond donors (Lipinski definition) is 1. The van der Waals surface area contributed by atoms with Gasteiger partial charge in [-0.05, 0) is 32.9 Å². The maximum absolute atomic E-state index is 9.62. The molecule has 0 radical (unpaired) electrons. The van der Waals surface area contributed by atoms with E-state index in [1.54, 1.807) is 20.0 Å². The van der Waals surface area contributed by atoms with Crippen molar-refractivity contribution in [1.82, 2.24) is 4.98 Å². The summed E-state index contributed by atoms with van der Waals surface area (Å²) in [5, 5.41) is 9.62. The lowest BCUT2D eigenvalue weighted by Gasteiger charge is -2.25. The quantitative estimate of drug-likeness (QED) is 0.796. The van der Waals surface area contributed by atoms with Gasteiger partial charge >= 0.3 is 0 Å². The molecule has 1 rings (SSSR count). The molecule has 3 nitrogen and oxygen atoms in total. The minimum absolute atomic E-state index is 0.204. The van der Waals surface area contributed by atoms with E-state index in [9.17, 15) is 5.11 Å². The van der Waals surface area contributed by atoms with Crippen LogP contribution in [0, 0.1) is 0 Å². The van der Waals surface area contributed by atoms with Gasteiger partial charge in [0, 0.05) is 6.20 Å². The number of nitrogens with zero attached hydrogens (tertiary/aromatic N) is 1. The molecule has 0 saturated heterocycles. The maximum atomic E-state index is 9.62. The molecule has 1 atom stereocenters. The molecule has 0 aliphatic carbocycles. The van der Waals surface area contributed by atoms with Crippen LogP contribution in [0.2, 0.25) is 0 Å². The smallest absolute Gasteiger partial charge is 0.0892 e. The summed E-state index contributed by atoms with van der Waals surface area (Å²) in [4.78, 5) is 4.13. The van der Waals surface area contributed by atoms with E-state index in [-0.39, 0.29) is 6.10 Å². The number of aromatic nitrogens is 1. The molecular formula is C11H17NO2. The highest BCUT2D eigenvalue weighted by Crippen LogP contribution is 2.13. The Morgan fingerprint density at radius 3 is 2.71 bits per heavy atom. The minimum Gasteiger partial charge on any atom is -0.388 e. The number of ether oxygens (including phenoxy) is 1. The second kappa shape index (κ2) is 4.53. The third-order valence-electron chi connectivity index (χ3n) is 2.20. The summed E-state index contributed by atoms with van der Waals surface area (Å²) in [6.07, 6.45) is 1.53. The SMILES string of the molecule is CC(OCc1ccccn1)C(C)(C)O. The van der Waals surface area contributed by atoms with E-state index < -0.39 is 5.60 Å². The maximum Gasteiger partial charge on any atom is 0.0892 e. The van der Waals surface area contributed by atoms with Crippen LogP contribution in [0.4, 0.5) is 0 Å². The molecular weight excluding hydrogens is 178 g/mol. The van der Waals surface area contributed by atoms with Crippen molar-refractivity contribution in [2.45, 2.75) is 39.1 Å². The van der Waals surface area contributed by atoms with Gasteiger partial charge in [-0.1, -0.05) is 6.07 Å². The van der Waals surface area contributed by atoms with E-state index in [1.165, 1.54) is 0 Å². The average Bonchev–Trinajstić information content (AvgIpc) is 2.14. The number of hydrogen-bond acceptors (Lipinski definition) is 3. The van der Waals surface area contributed by atoms with Crippen LogP contribution in [0.3, 0.4) is 0 Å². The van der Waals surface area contributed by atoms with E-state index >= 15 is 0 Å². The normalized spacial score (nSPS) is 14.0. The molecule has 14 heavy (non-hydrogen) atoms. The van der Waals surface area contributed by atoms with Crippen molar-refractivity contribution in [2.24, 2.45) is 0 Å². The van der Waals surface area contributed by atoms with Crippen molar-refractivity contribution >= 4 is 0 Å². The Bertz CT molecular complexity index is 266. The Labute approximate surface area is 84.7 Å². The van der Waals surface area contributed by atoms with Crippen molar-refractivity contribution in [1.29, 1.82) is 0 Å². The molecule has 0 aliphatic heterocycles. The molecule has 0 fully saturated rings. The predicted molar refractivity (Wildman–Crippen MR) is 54.8 cm³/mol. The fourth-order valence-electron chi connectivity index (χ4n) is 0.898. The van der Waals surface area contributed by atoms with Crippen molar-refractivity contribution in [3.8, 4) is 0 Å². The molecule has 1 N–H and O–H groups in total. The third-order valence-corrected chi connectivity index (χ3v) is 2.20. The molecule has 0 spiro atoms. The number of aliphatic hydroxyl groups is 1. The highest BCUT2D eigenvalue weighted by atomic mass is 16.5. The van der Waals surface area contributed by atoms with Gasteiger partial charge in [-0.3, -0.25) is 4.98 Å². The first-order valence-corrected chi connectivity index (χ1v) is 4.74. The lowest BCUT2D eigenvalue weighted by molar-refractivity contribution is -0.0857. The molecule has 1 aromatic heterocycles. The van der Waals surface area contributed by atoms with Gasteiger partial charge in [0.25, 0.3) is 0 Å². The number of pyridine rings is 1. The minimum atomic E-state index is -0.811. The van der Waals surface area contributed by atoms with Crippen molar-refractivity contribution in [2.75, 3.05) is 0 Å². The lowest BCUT2D eigenvalue weighted by atomic mass is 10.0. The fraction of sp³-hybridized carbons (Fsp3) is 0.545. The van der Waals surface area contributed by atoms with Gasteiger partial charge in [-0.2, -0.15) is 0 Å². The zero-order chi connectivity index (χ0) is 10.6. The Hall–Kier alpha value is -0.930. The summed E-state index contributed by atoms with van der Waals surface area (Å²) in [6.45, 7) is 5.75. The molecule has 3 heteroatoms. The summed E-state index contributed by atoms with van der Waals surface area (Å²) in [6, 6.07) is 5.68. The molecule has 0 aromatic carbocycles. The van der Waals surface area contributed by atoms with Crippen molar-refractivity contribution in [3.05, 3.63) is 30.1 Å². The summed E-state index contributed by atoms with van der Waals surface area (Å²) >= 11 is 0. The topological polar surface area (TPSA) is 42.4 Å². The first-order valence-electron chi connectivity index (χ1n) is 4.74. The van der Waals surface area contributed by atoms with Crippen LogP contribution in [0.25, 0.3) is 0 Å².